The van der Waals surface area contributed by atoms with Crippen LogP contribution in [-0.2, 0) is 14.3 Å². The molecule has 0 unspecified atom stereocenters. The fourth-order valence-electron chi connectivity index (χ4n) is 2.64. The molecule has 0 saturated carbocycles. The summed E-state index contributed by atoms with van der Waals surface area (Å²) in [5, 5.41) is 2.85. The summed E-state index contributed by atoms with van der Waals surface area (Å²) in [6, 6.07) is 8.80. The molecule has 1 aromatic carbocycles. The highest BCUT2D eigenvalue weighted by Crippen LogP contribution is 2.19. The quantitative estimate of drug-likeness (QED) is 0.749. The van der Waals surface area contributed by atoms with E-state index < -0.39 is 18.5 Å². The Morgan fingerprint density at radius 3 is 2.81 bits per heavy atom. The minimum atomic E-state index is -0.617. The first-order valence-corrected chi connectivity index (χ1v) is 9.21. The van der Waals surface area contributed by atoms with Crippen molar-refractivity contribution in [1.82, 2.24) is 15.2 Å². The first-order chi connectivity index (χ1) is 13.0. The van der Waals surface area contributed by atoms with Gasteiger partial charge in [-0.05, 0) is 19.1 Å². The number of amides is 3. The lowest BCUT2D eigenvalue weighted by Crippen LogP contribution is -2.38. The lowest BCUT2D eigenvalue weighted by molar-refractivity contribution is -0.126. The number of imide groups is 1. The van der Waals surface area contributed by atoms with Crippen LogP contribution in [0, 0.1) is 6.92 Å². The Hall–Kier alpha value is -2.94. The van der Waals surface area contributed by atoms with Crippen molar-refractivity contribution in [2.45, 2.75) is 6.92 Å². The lowest BCUT2D eigenvalue weighted by Gasteiger charge is -2.13. The van der Waals surface area contributed by atoms with Crippen LogP contribution in [0.4, 0.5) is 4.79 Å². The van der Waals surface area contributed by atoms with E-state index in [9.17, 15) is 19.2 Å². The maximum atomic E-state index is 12.4. The van der Waals surface area contributed by atoms with Crippen molar-refractivity contribution in [1.29, 1.82) is 0 Å². The number of aryl methyl sites for hydroxylation is 1. The molecule has 0 bridgehead atoms. The molecule has 2 heterocycles. The molecule has 140 valence electrons. The molecule has 3 amide bonds. The number of fused-ring (bicyclic) bond motifs is 1. The molecule has 9 heteroatoms. The number of nitrogens with one attached hydrogen (secondary N) is 1. The Kier molecular flexibility index (Phi) is 5.70. The molecular formula is C18H17N3O5S. The van der Waals surface area contributed by atoms with Gasteiger partial charge in [0.05, 0.1) is 16.8 Å². The molecule has 1 fully saturated rings. The molecule has 1 N–H and O–H groups in total. The van der Waals surface area contributed by atoms with Crippen LogP contribution in [0.25, 0.3) is 10.9 Å². The zero-order valence-corrected chi connectivity index (χ0v) is 15.4. The van der Waals surface area contributed by atoms with Gasteiger partial charge in [0.15, 0.2) is 6.61 Å². The second-order valence-corrected chi connectivity index (χ2v) is 6.78. The molecular weight excluding hydrogens is 370 g/mol. The number of pyridine rings is 1. The molecule has 1 aliphatic rings. The Morgan fingerprint density at radius 1 is 1.30 bits per heavy atom. The standard InChI is InChI=1S/C18H17N3O5S/c1-11-8-13(12-4-2-3-5-14(12)20-11)17(24)26-9-15(22)19-6-7-21-16(23)10-27-18(21)25/h2-5,8H,6-7,9-10H2,1H3,(H,19,22). The van der Waals surface area contributed by atoms with Crippen molar-refractivity contribution >= 4 is 45.7 Å². The van der Waals surface area contributed by atoms with Gasteiger partial charge in [-0.15, -0.1) is 0 Å². The van der Waals surface area contributed by atoms with Gasteiger partial charge in [0, 0.05) is 24.2 Å². The fourth-order valence-corrected chi connectivity index (χ4v) is 3.39. The Labute approximate surface area is 159 Å². The number of carbonyl (C=O) groups is 4. The van der Waals surface area contributed by atoms with Crippen LogP contribution in [0.5, 0.6) is 0 Å². The van der Waals surface area contributed by atoms with E-state index in [0.717, 1.165) is 16.7 Å². The van der Waals surface area contributed by atoms with Crippen LogP contribution < -0.4 is 5.32 Å². The number of carbonyl (C=O) groups excluding carboxylic acids is 4. The van der Waals surface area contributed by atoms with E-state index in [-0.39, 0.29) is 30.0 Å². The first kappa shape index (κ1) is 18.8. The number of ether oxygens (including phenoxy) is 1. The Bertz CT molecular complexity index is 914. The third kappa shape index (κ3) is 4.43. The fraction of sp³-hybridized carbons (Fsp3) is 0.278. The average Bonchev–Trinajstić information content (AvgIpc) is 2.97. The molecule has 8 nitrogen and oxygen atoms in total. The molecule has 0 spiro atoms. The van der Waals surface area contributed by atoms with Gasteiger partial charge in [0.25, 0.3) is 11.1 Å². The van der Waals surface area contributed by atoms with Crippen molar-refractivity contribution in [2.75, 3.05) is 25.4 Å². The summed E-state index contributed by atoms with van der Waals surface area (Å²) >= 11 is 0.936. The van der Waals surface area contributed by atoms with Crippen LogP contribution in [-0.4, -0.2) is 58.4 Å². The molecule has 0 aliphatic carbocycles. The van der Waals surface area contributed by atoms with Crippen molar-refractivity contribution in [3.05, 3.63) is 41.6 Å². The highest BCUT2D eigenvalue weighted by Gasteiger charge is 2.29. The monoisotopic (exact) mass is 387 g/mol. The summed E-state index contributed by atoms with van der Waals surface area (Å²) in [5.41, 5.74) is 1.69. The molecule has 1 aromatic heterocycles. The summed E-state index contributed by atoms with van der Waals surface area (Å²) in [5.74, 6) is -1.27. The minimum absolute atomic E-state index is 0.0958. The van der Waals surface area contributed by atoms with E-state index in [1.54, 1.807) is 31.2 Å². The van der Waals surface area contributed by atoms with Crippen LogP contribution in [0.3, 0.4) is 0 Å². The highest BCUT2D eigenvalue weighted by atomic mass is 32.2. The molecule has 1 saturated heterocycles. The van der Waals surface area contributed by atoms with Crippen LogP contribution in [0.1, 0.15) is 16.1 Å². The van der Waals surface area contributed by atoms with E-state index in [2.05, 4.69) is 10.3 Å². The van der Waals surface area contributed by atoms with Gasteiger partial charge < -0.3 is 10.1 Å². The van der Waals surface area contributed by atoms with Crippen LogP contribution in [0.15, 0.2) is 30.3 Å². The van der Waals surface area contributed by atoms with Gasteiger partial charge in [0.1, 0.15) is 0 Å². The molecule has 1 aliphatic heterocycles. The number of para-hydroxylation sites is 1. The zero-order chi connectivity index (χ0) is 19.4. The topological polar surface area (TPSA) is 106 Å². The number of hydrogen-bond acceptors (Lipinski definition) is 7. The summed E-state index contributed by atoms with van der Waals surface area (Å²) in [7, 11) is 0. The lowest BCUT2D eigenvalue weighted by atomic mass is 10.1. The average molecular weight is 387 g/mol. The molecule has 3 rings (SSSR count). The van der Waals surface area contributed by atoms with Gasteiger partial charge in [-0.1, -0.05) is 30.0 Å². The summed E-state index contributed by atoms with van der Waals surface area (Å²) in [4.78, 5) is 52.6. The number of thioether (sulfide) groups is 1. The van der Waals surface area contributed by atoms with E-state index in [4.69, 9.17) is 4.74 Å². The molecule has 27 heavy (non-hydrogen) atoms. The minimum Gasteiger partial charge on any atom is -0.452 e. The van der Waals surface area contributed by atoms with Gasteiger partial charge in [-0.2, -0.15) is 0 Å². The van der Waals surface area contributed by atoms with Crippen molar-refractivity contribution < 1.29 is 23.9 Å². The maximum Gasteiger partial charge on any atom is 0.339 e. The Morgan fingerprint density at radius 2 is 2.07 bits per heavy atom. The number of hydrogen-bond donors (Lipinski definition) is 1. The summed E-state index contributed by atoms with van der Waals surface area (Å²) in [6.45, 7) is 1.52. The Balaban J connectivity index is 1.53. The highest BCUT2D eigenvalue weighted by molar-refractivity contribution is 8.14. The number of aromatic nitrogens is 1. The SMILES string of the molecule is Cc1cc(C(=O)OCC(=O)NCCN2C(=O)CSC2=O)c2ccccc2n1. The second-order valence-electron chi connectivity index (χ2n) is 5.85. The molecule has 2 aromatic rings. The van der Waals surface area contributed by atoms with Gasteiger partial charge >= 0.3 is 5.97 Å². The van der Waals surface area contributed by atoms with E-state index in [1.165, 1.54) is 0 Å². The number of esters is 1. The predicted octanol–water partition coefficient (Wildman–Crippen LogP) is 1.51. The van der Waals surface area contributed by atoms with Crippen molar-refractivity contribution in [3.63, 3.8) is 0 Å². The van der Waals surface area contributed by atoms with E-state index in [1.807, 2.05) is 6.07 Å². The molecule has 0 atom stereocenters. The third-order valence-electron chi connectivity index (χ3n) is 3.90. The predicted molar refractivity (Wildman–Crippen MR) is 99.3 cm³/mol. The second kappa shape index (κ2) is 8.17. The smallest absolute Gasteiger partial charge is 0.339 e. The number of benzene rings is 1. The normalized spacial score (nSPS) is 13.9. The first-order valence-electron chi connectivity index (χ1n) is 8.23. The number of nitrogens with zero attached hydrogens (tertiary/aromatic N) is 2. The summed E-state index contributed by atoms with van der Waals surface area (Å²) < 4.78 is 5.09. The van der Waals surface area contributed by atoms with Gasteiger partial charge in [-0.3, -0.25) is 24.3 Å². The van der Waals surface area contributed by atoms with Crippen LogP contribution >= 0.6 is 11.8 Å². The largest absolute Gasteiger partial charge is 0.452 e. The van der Waals surface area contributed by atoms with E-state index >= 15 is 0 Å². The third-order valence-corrected chi connectivity index (χ3v) is 4.76. The van der Waals surface area contributed by atoms with Gasteiger partial charge in [0.2, 0.25) is 5.91 Å². The van der Waals surface area contributed by atoms with Crippen LogP contribution in [0.2, 0.25) is 0 Å². The molecule has 0 radical (unpaired) electrons. The summed E-state index contributed by atoms with van der Waals surface area (Å²) in [6.07, 6.45) is 0. The number of rotatable bonds is 6. The van der Waals surface area contributed by atoms with E-state index in [0.29, 0.717) is 22.2 Å². The van der Waals surface area contributed by atoms with Crippen molar-refractivity contribution in [2.24, 2.45) is 0 Å². The zero-order valence-electron chi connectivity index (χ0n) is 14.6. The van der Waals surface area contributed by atoms with Gasteiger partial charge in [-0.25, -0.2) is 4.79 Å². The maximum absolute atomic E-state index is 12.4. The van der Waals surface area contributed by atoms with Crippen molar-refractivity contribution in [3.8, 4) is 0 Å².